The van der Waals surface area contributed by atoms with Gasteiger partial charge in [0, 0.05) is 11.8 Å². The lowest BCUT2D eigenvalue weighted by molar-refractivity contribution is -0.150. The van der Waals surface area contributed by atoms with Gasteiger partial charge in [0.2, 0.25) is 0 Å². The maximum Gasteiger partial charge on any atom is 0.325 e. The zero-order chi connectivity index (χ0) is 10.2. The Hall–Kier alpha value is -0.220. The Morgan fingerprint density at radius 1 is 1.64 bits per heavy atom. The highest BCUT2D eigenvalue weighted by Gasteiger charge is 2.50. The number of hydrogen-bond donors (Lipinski definition) is 1. The third kappa shape index (κ3) is 1.54. The lowest BCUT2D eigenvalue weighted by atomic mass is 9.96. The molecule has 1 aliphatic carbocycles. The molecule has 1 saturated carbocycles. The number of rotatable bonds is 4. The van der Waals surface area contributed by atoms with E-state index in [2.05, 4.69) is 11.8 Å². The van der Waals surface area contributed by atoms with Crippen LogP contribution in [0.1, 0.15) is 26.2 Å². The Morgan fingerprint density at radius 2 is 2.36 bits per heavy atom. The van der Waals surface area contributed by atoms with Crippen LogP contribution in [0.4, 0.5) is 0 Å². The lowest BCUT2D eigenvalue weighted by Gasteiger charge is -2.36. The van der Waals surface area contributed by atoms with Crippen molar-refractivity contribution >= 4 is 17.7 Å². The maximum absolute atomic E-state index is 11.4. The standard InChI is InChI=1S/C10H17NO2S/c1-2-11(8-3-4-8)10(9(12)13)5-6-14-7-10/h8H,2-7H2,1H3,(H,12,13). The first-order valence-electron chi connectivity index (χ1n) is 5.28. The number of carboxylic acid groups (broad SMARTS) is 1. The van der Waals surface area contributed by atoms with Gasteiger partial charge in [0.15, 0.2) is 0 Å². The summed E-state index contributed by atoms with van der Waals surface area (Å²) >= 11 is 1.78. The molecule has 1 saturated heterocycles. The van der Waals surface area contributed by atoms with Crippen LogP contribution in [-0.2, 0) is 4.79 Å². The summed E-state index contributed by atoms with van der Waals surface area (Å²) in [6.45, 7) is 2.95. The molecule has 80 valence electrons. The monoisotopic (exact) mass is 215 g/mol. The van der Waals surface area contributed by atoms with Crippen molar-refractivity contribution in [3.05, 3.63) is 0 Å². The molecule has 0 spiro atoms. The quantitative estimate of drug-likeness (QED) is 0.770. The minimum Gasteiger partial charge on any atom is -0.480 e. The summed E-state index contributed by atoms with van der Waals surface area (Å²) in [6.07, 6.45) is 3.19. The van der Waals surface area contributed by atoms with E-state index in [9.17, 15) is 9.90 Å². The average Bonchev–Trinajstić information content (AvgIpc) is 2.84. The second-order valence-electron chi connectivity index (χ2n) is 4.16. The predicted octanol–water partition coefficient (Wildman–Crippen LogP) is 1.43. The fourth-order valence-corrected chi connectivity index (χ4v) is 3.77. The normalized spacial score (nSPS) is 32.4. The van der Waals surface area contributed by atoms with Crippen molar-refractivity contribution < 1.29 is 9.90 Å². The van der Waals surface area contributed by atoms with Crippen molar-refractivity contribution in [1.29, 1.82) is 0 Å². The number of nitrogens with zero attached hydrogens (tertiary/aromatic N) is 1. The first kappa shape index (κ1) is 10.3. The molecule has 0 aromatic rings. The van der Waals surface area contributed by atoms with E-state index in [4.69, 9.17) is 0 Å². The molecule has 1 aliphatic heterocycles. The third-order valence-electron chi connectivity index (χ3n) is 3.28. The van der Waals surface area contributed by atoms with E-state index >= 15 is 0 Å². The fraction of sp³-hybridized carbons (Fsp3) is 0.900. The maximum atomic E-state index is 11.4. The molecular formula is C10H17NO2S. The van der Waals surface area contributed by atoms with E-state index in [0.717, 1.165) is 24.5 Å². The Kier molecular flexibility index (Phi) is 2.75. The molecule has 2 aliphatic rings. The number of thioether (sulfide) groups is 1. The molecule has 14 heavy (non-hydrogen) atoms. The highest BCUT2D eigenvalue weighted by atomic mass is 32.2. The van der Waals surface area contributed by atoms with Gasteiger partial charge in [-0.05, 0) is 31.6 Å². The molecule has 1 heterocycles. The summed E-state index contributed by atoms with van der Waals surface area (Å²) in [6, 6.07) is 0.551. The summed E-state index contributed by atoms with van der Waals surface area (Å²) in [5, 5.41) is 9.39. The first-order chi connectivity index (χ1) is 6.70. The molecule has 1 unspecified atom stereocenters. The van der Waals surface area contributed by atoms with Gasteiger partial charge in [0.25, 0.3) is 0 Å². The third-order valence-corrected chi connectivity index (χ3v) is 4.45. The van der Waals surface area contributed by atoms with Gasteiger partial charge in [0.05, 0.1) is 0 Å². The summed E-state index contributed by atoms with van der Waals surface area (Å²) in [4.78, 5) is 13.6. The van der Waals surface area contributed by atoms with E-state index < -0.39 is 11.5 Å². The highest BCUT2D eigenvalue weighted by molar-refractivity contribution is 7.99. The summed E-state index contributed by atoms with van der Waals surface area (Å²) in [7, 11) is 0. The second kappa shape index (κ2) is 3.74. The highest BCUT2D eigenvalue weighted by Crippen LogP contribution is 2.40. The molecule has 3 nitrogen and oxygen atoms in total. The molecule has 1 N–H and O–H groups in total. The lowest BCUT2D eigenvalue weighted by Crippen LogP contribution is -2.55. The fourth-order valence-electron chi connectivity index (χ4n) is 2.37. The largest absolute Gasteiger partial charge is 0.480 e. The van der Waals surface area contributed by atoms with Crippen molar-refractivity contribution in [3.63, 3.8) is 0 Å². The molecular weight excluding hydrogens is 198 g/mol. The number of carboxylic acids is 1. The molecule has 1 atom stereocenters. The van der Waals surface area contributed by atoms with Gasteiger partial charge in [0.1, 0.15) is 5.54 Å². The Balaban J connectivity index is 2.19. The van der Waals surface area contributed by atoms with Gasteiger partial charge in [-0.25, -0.2) is 0 Å². The molecule has 0 aromatic carbocycles. The number of aliphatic carboxylic acids is 1. The van der Waals surface area contributed by atoms with Gasteiger partial charge < -0.3 is 5.11 Å². The van der Waals surface area contributed by atoms with Crippen molar-refractivity contribution in [2.45, 2.75) is 37.8 Å². The van der Waals surface area contributed by atoms with E-state index in [1.54, 1.807) is 11.8 Å². The molecule has 0 radical (unpaired) electrons. The molecule has 0 aromatic heterocycles. The Labute approximate surface area is 88.9 Å². The van der Waals surface area contributed by atoms with Gasteiger partial charge in [-0.1, -0.05) is 6.92 Å². The first-order valence-corrected chi connectivity index (χ1v) is 6.44. The van der Waals surface area contributed by atoms with Crippen molar-refractivity contribution in [3.8, 4) is 0 Å². The van der Waals surface area contributed by atoms with Crippen LogP contribution in [0, 0.1) is 0 Å². The predicted molar refractivity (Wildman–Crippen MR) is 57.7 cm³/mol. The van der Waals surface area contributed by atoms with E-state index in [0.29, 0.717) is 6.04 Å². The zero-order valence-electron chi connectivity index (χ0n) is 8.53. The SMILES string of the molecule is CCN(C1CC1)C1(C(=O)O)CCSC1. The van der Waals surface area contributed by atoms with Crippen molar-refractivity contribution in [2.24, 2.45) is 0 Å². The molecule has 2 fully saturated rings. The van der Waals surface area contributed by atoms with Crippen LogP contribution in [-0.4, -0.2) is 45.6 Å². The van der Waals surface area contributed by atoms with Crippen LogP contribution < -0.4 is 0 Å². The Morgan fingerprint density at radius 3 is 2.71 bits per heavy atom. The van der Waals surface area contributed by atoms with Crippen LogP contribution in [0.15, 0.2) is 0 Å². The number of hydrogen-bond acceptors (Lipinski definition) is 3. The van der Waals surface area contributed by atoms with Crippen LogP contribution in [0.5, 0.6) is 0 Å². The molecule has 0 bridgehead atoms. The molecule has 4 heteroatoms. The molecule has 0 amide bonds. The topological polar surface area (TPSA) is 40.5 Å². The molecule has 2 rings (SSSR count). The summed E-state index contributed by atoms with van der Waals surface area (Å²) < 4.78 is 0. The minimum atomic E-state index is -0.615. The van der Waals surface area contributed by atoms with Gasteiger partial charge >= 0.3 is 5.97 Å². The van der Waals surface area contributed by atoms with Gasteiger partial charge in [-0.2, -0.15) is 11.8 Å². The smallest absolute Gasteiger partial charge is 0.325 e. The summed E-state index contributed by atoms with van der Waals surface area (Å²) in [5.41, 5.74) is -0.541. The van der Waals surface area contributed by atoms with Crippen LogP contribution >= 0.6 is 11.8 Å². The van der Waals surface area contributed by atoms with E-state index in [1.807, 2.05) is 0 Å². The number of carbonyl (C=O) groups is 1. The second-order valence-corrected chi connectivity index (χ2v) is 5.26. The summed E-state index contributed by atoms with van der Waals surface area (Å²) in [5.74, 6) is 1.15. The van der Waals surface area contributed by atoms with Gasteiger partial charge in [-0.15, -0.1) is 0 Å². The van der Waals surface area contributed by atoms with E-state index in [1.165, 1.54) is 12.8 Å². The van der Waals surface area contributed by atoms with Crippen molar-refractivity contribution in [2.75, 3.05) is 18.1 Å². The Bertz CT molecular complexity index is 234. The van der Waals surface area contributed by atoms with Crippen LogP contribution in [0.2, 0.25) is 0 Å². The van der Waals surface area contributed by atoms with Crippen molar-refractivity contribution in [1.82, 2.24) is 4.90 Å². The zero-order valence-corrected chi connectivity index (χ0v) is 9.35. The average molecular weight is 215 g/mol. The number of likely N-dealkylation sites (N-methyl/N-ethyl adjacent to an activating group) is 1. The van der Waals surface area contributed by atoms with Crippen LogP contribution in [0.3, 0.4) is 0 Å². The minimum absolute atomic E-state index is 0.541. The van der Waals surface area contributed by atoms with Gasteiger partial charge in [-0.3, -0.25) is 9.69 Å². The van der Waals surface area contributed by atoms with E-state index in [-0.39, 0.29) is 0 Å². The van der Waals surface area contributed by atoms with Crippen LogP contribution in [0.25, 0.3) is 0 Å².